The molecule has 0 heterocycles. The van der Waals surface area contributed by atoms with Gasteiger partial charge in [0.1, 0.15) is 0 Å². The molecule has 140 valence electrons. The summed E-state index contributed by atoms with van der Waals surface area (Å²) < 4.78 is 31.3. The maximum absolute atomic E-state index is 10.4. The van der Waals surface area contributed by atoms with Gasteiger partial charge < -0.3 is 9.66 Å². The van der Waals surface area contributed by atoms with Gasteiger partial charge in [-0.15, -0.1) is 0 Å². The van der Waals surface area contributed by atoms with Crippen molar-refractivity contribution in [3.63, 3.8) is 0 Å². The van der Waals surface area contributed by atoms with Crippen molar-refractivity contribution in [3.8, 4) is 0 Å². The van der Waals surface area contributed by atoms with Crippen LogP contribution in [0.1, 0.15) is 103 Å². The Labute approximate surface area is 192 Å². The molecule has 0 spiro atoms. The molecular formula is C18H37KO4S. The fourth-order valence-corrected chi connectivity index (χ4v) is 3.40. The zero-order valence-corrected chi connectivity index (χ0v) is 19.9. The maximum Gasteiger partial charge on any atom is 1.00 e. The Kier molecular flexibility index (Phi) is 22.3. The molecule has 4 nitrogen and oxygen atoms in total. The summed E-state index contributed by atoms with van der Waals surface area (Å²) in [5.74, 6) is -0.215. The minimum atomic E-state index is -4.02. The van der Waals surface area contributed by atoms with Crippen LogP contribution in [0.5, 0.6) is 0 Å². The minimum absolute atomic E-state index is 0. The average molecular weight is 389 g/mol. The van der Waals surface area contributed by atoms with Crippen LogP contribution in [0.2, 0.25) is 0 Å². The quantitative estimate of drug-likeness (QED) is 0.234. The number of hydrogen-bond donors (Lipinski definition) is 1. The fraction of sp³-hybridized carbons (Fsp3) is 1.00. The summed E-state index contributed by atoms with van der Waals surface area (Å²) in [6.07, 6.45) is 16.1. The molecule has 0 aliphatic carbocycles. The summed E-state index contributed by atoms with van der Waals surface area (Å²) in [5, 5.41) is 9.86. The van der Waals surface area contributed by atoms with E-state index in [0.717, 1.165) is 44.9 Å². The van der Waals surface area contributed by atoms with Crippen LogP contribution in [0, 0.1) is 0 Å². The third-order valence-corrected chi connectivity index (χ3v) is 5.11. The minimum Gasteiger partial charge on any atom is -0.748 e. The smallest absolute Gasteiger partial charge is 0.748 e. The SMILES string of the molecule is CCCCCCC(O)CCCCCCCCCCCS(=O)(=O)[O-].[K+]. The second kappa shape index (κ2) is 19.3. The third kappa shape index (κ3) is 23.5. The van der Waals surface area contributed by atoms with E-state index in [4.69, 9.17) is 0 Å². The second-order valence-corrected chi connectivity index (χ2v) is 8.26. The topological polar surface area (TPSA) is 77.4 Å². The van der Waals surface area contributed by atoms with E-state index in [-0.39, 0.29) is 63.2 Å². The van der Waals surface area contributed by atoms with Crippen LogP contribution in [-0.4, -0.2) is 29.9 Å². The molecule has 1 atom stereocenters. The van der Waals surface area contributed by atoms with Crippen LogP contribution in [0.15, 0.2) is 0 Å². The summed E-state index contributed by atoms with van der Waals surface area (Å²) in [5.41, 5.74) is 0. The molecule has 24 heavy (non-hydrogen) atoms. The van der Waals surface area contributed by atoms with Crippen molar-refractivity contribution in [2.24, 2.45) is 0 Å². The van der Waals surface area contributed by atoms with Crippen LogP contribution in [0.3, 0.4) is 0 Å². The van der Waals surface area contributed by atoms with Crippen molar-refractivity contribution in [3.05, 3.63) is 0 Å². The van der Waals surface area contributed by atoms with Crippen LogP contribution in [0.25, 0.3) is 0 Å². The molecule has 0 aliphatic rings. The van der Waals surface area contributed by atoms with E-state index in [1.807, 2.05) is 0 Å². The summed E-state index contributed by atoms with van der Waals surface area (Å²) in [7, 11) is -4.02. The Morgan fingerprint density at radius 3 is 1.54 bits per heavy atom. The Bertz CT molecular complexity index is 347. The zero-order chi connectivity index (χ0) is 17.4. The van der Waals surface area contributed by atoms with Crippen molar-refractivity contribution < 1.29 is 69.5 Å². The van der Waals surface area contributed by atoms with Gasteiger partial charge in [-0.25, -0.2) is 8.42 Å². The van der Waals surface area contributed by atoms with Gasteiger partial charge in [0.2, 0.25) is 0 Å². The molecule has 0 saturated heterocycles. The first-order chi connectivity index (χ1) is 11.0. The molecule has 0 aromatic rings. The summed E-state index contributed by atoms with van der Waals surface area (Å²) in [6.45, 7) is 2.20. The molecule has 6 heteroatoms. The Morgan fingerprint density at radius 1 is 0.750 bits per heavy atom. The molecule has 0 fully saturated rings. The van der Waals surface area contributed by atoms with Gasteiger partial charge in [0.25, 0.3) is 0 Å². The largest absolute Gasteiger partial charge is 1.00 e. The first kappa shape index (κ1) is 27.7. The van der Waals surface area contributed by atoms with E-state index in [2.05, 4.69) is 6.92 Å². The molecule has 0 amide bonds. The van der Waals surface area contributed by atoms with E-state index >= 15 is 0 Å². The number of aliphatic hydroxyl groups excluding tert-OH is 1. The number of hydrogen-bond acceptors (Lipinski definition) is 4. The summed E-state index contributed by atoms with van der Waals surface area (Å²) >= 11 is 0. The number of unbranched alkanes of at least 4 members (excludes halogenated alkanes) is 11. The predicted octanol–water partition coefficient (Wildman–Crippen LogP) is 1.77. The van der Waals surface area contributed by atoms with Crippen molar-refractivity contribution in [2.45, 2.75) is 109 Å². The molecule has 0 aromatic heterocycles. The van der Waals surface area contributed by atoms with E-state index in [1.165, 1.54) is 44.9 Å². The maximum atomic E-state index is 10.4. The van der Waals surface area contributed by atoms with E-state index in [0.29, 0.717) is 6.42 Å². The molecule has 1 unspecified atom stereocenters. The van der Waals surface area contributed by atoms with Crippen molar-refractivity contribution in [1.82, 2.24) is 0 Å². The van der Waals surface area contributed by atoms with Crippen molar-refractivity contribution in [2.75, 3.05) is 5.75 Å². The van der Waals surface area contributed by atoms with Gasteiger partial charge in [0.15, 0.2) is 0 Å². The van der Waals surface area contributed by atoms with Crippen LogP contribution < -0.4 is 51.4 Å². The standard InChI is InChI=1S/C18H38O4S.K/c1-2-3-4-12-15-18(19)16-13-10-8-6-5-7-9-11-14-17-23(20,21)22;/h18-19H,2-17H2,1H3,(H,20,21,22);/q;+1/p-1. The molecule has 0 rings (SSSR count). The molecule has 0 saturated carbocycles. The Morgan fingerprint density at radius 2 is 1.12 bits per heavy atom. The monoisotopic (exact) mass is 388 g/mol. The van der Waals surface area contributed by atoms with Crippen LogP contribution in [-0.2, 0) is 10.1 Å². The van der Waals surface area contributed by atoms with Gasteiger partial charge in [-0.05, 0) is 19.3 Å². The van der Waals surface area contributed by atoms with Gasteiger partial charge in [0.05, 0.1) is 16.2 Å². The summed E-state index contributed by atoms with van der Waals surface area (Å²) in [6, 6.07) is 0. The van der Waals surface area contributed by atoms with Crippen LogP contribution in [0.4, 0.5) is 0 Å². The molecular weight excluding hydrogens is 351 g/mol. The zero-order valence-electron chi connectivity index (χ0n) is 16.0. The average Bonchev–Trinajstić information content (AvgIpc) is 2.48. The van der Waals surface area contributed by atoms with Gasteiger partial charge in [-0.1, -0.05) is 84.0 Å². The Hall–Kier alpha value is 1.51. The summed E-state index contributed by atoms with van der Waals surface area (Å²) in [4.78, 5) is 0. The van der Waals surface area contributed by atoms with Crippen molar-refractivity contribution in [1.29, 1.82) is 0 Å². The number of aliphatic hydroxyl groups is 1. The van der Waals surface area contributed by atoms with E-state index < -0.39 is 10.1 Å². The van der Waals surface area contributed by atoms with E-state index in [1.54, 1.807) is 0 Å². The predicted molar refractivity (Wildman–Crippen MR) is 95.5 cm³/mol. The molecule has 1 N–H and O–H groups in total. The second-order valence-electron chi connectivity index (χ2n) is 6.74. The Balaban J connectivity index is 0. The van der Waals surface area contributed by atoms with Crippen LogP contribution >= 0.6 is 0 Å². The van der Waals surface area contributed by atoms with E-state index in [9.17, 15) is 18.1 Å². The van der Waals surface area contributed by atoms with Gasteiger partial charge in [0, 0.05) is 5.75 Å². The van der Waals surface area contributed by atoms with Gasteiger partial charge in [-0.3, -0.25) is 0 Å². The molecule has 0 radical (unpaired) electrons. The van der Waals surface area contributed by atoms with Gasteiger partial charge >= 0.3 is 51.4 Å². The third-order valence-electron chi connectivity index (χ3n) is 4.32. The molecule has 0 aliphatic heterocycles. The van der Waals surface area contributed by atoms with Gasteiger partial charge in [-0.2, -0.15) is 0 Å². The van der Waals surface area contributed by atoms with Crippen molar-refractivity contribution >= 4 is 10.1 Å². The first-order valence-electron chi connectivity index (χ1n) is 9.57. The fourth-order valence-electron chi connectivity index (χ4n) is 2.85. The molecule has 0 bridgehead atoms. The molecule has 0 aromatic carbocycles. The number of rotatable bonds is 17. The normalized spacial score (nSPS) is 12.8. The first-order valence-corrected chi connectivity index (χ1v) is 11.1.